The number of piperidine rings is 3. The molecule has 0 amide bonds. The number of methoxy groups -OCH3 is 1. The van der Waals surface area contributed by atoms with Gasteiger partial charge < -0.3 is 9.47 Å². The molecule has 5 unspecified atom stereocenters. The first-order valence-electron chi connectivity index (χ1n) is 11.3. The molecule has 4 heterocycles. The van der Waals surface area contributed by atoms with Gasteiger partial charge in [0.25, 0.3) is 0 Å². The van der Waals surface area contributed by atoms with Gasteiger partial charge in [0.15, 0.2) is 0 Å². The molecule has 6 heteroatoms. The maximum Gasteiger partial charge on any atom is 0.338 e. The molecule has 0 radical (unpaired) electrons. The zero-order valence-corrected chi connectivity index (χ0v) is 19.4. The first kappa shape index (κ1) is 21.9. The Labute approximate surface area is 199 Å². The zero-order chi connectivity index (χ0) is 22.9. The van der Waals surface area contributed by atoms with Gasteiger partial charge in [0, 0.05) is 28.7 Å². The lowest BCUT2D eigenvalue weighted by Crippen LogP contribution is -2.55. The summed E-state index contributed by atoms with van der Waals surface area (Å²) in [6, 6.07) is 14.7. The second-order valence-corrected chi connectivity index (χ2v) is 9.30. The van der Waals surface area contributed by atoms with Crippen molar-refractivity contribution in [1.29, 1.82) is 0 Å². The fourth-order valence-electron chi connectivity index (χ4n) is 5.33. The minimum Gasteiger partial charge on any atom is -0.497 e. The molecule has 3 aliphatic heterocycles. The largest absolute Gasteiger partial charge is 0.497 e. The second-order valence-electron chi connectivity index (χ2n) is 8.86. The number of rotatable bonds is 6. The van der Waals surface area contributed by atoms with Gasteiger partial charge in [-0.05, 0) is 79.8 Å². The fourth-order valence-corrected chi connectivity index (χ4v) is 5.46. The zero-order valence-electron chi connectivity index (χ0n) is 18.6. The van der Waals surface area contributed by atoms with Crippen LogP contribution < -0.4 is 4.74 Å². The minimum absolute atomic E-state index is 0.0907. The summed E-state index contributed by atoms with van der Waals surface area (Å²) in [6.45, 7) is 5.99. The predicted octanol–water partition coefficient (Wildman–Crippen LogP) is 5.69. The summed E-state index contributed by atoms with van der Waals surface area (Å²) in [5.41, 5.74) is 2.29. The number of aromatic nitrogens is 1. The van der Waals surface area contributed by atoms with E-state index in [1.54, 1.807) is 37.6 Å². The molecular formula is C27H27ClN2O3. The van der Waals surface area contributed by atoms with Crippen molar-refractivity contribution in [3.05, 3.63) is 83.5 Å². The van der Waals surface area contributed by atoms with Crippen LogP contribution in [0.2, 0.25) is 5.02 Å². The number of pyridine rings is 1. The van der Waals surface area contributed by atoms with Crippen LogP contribution in [-0.2, 0) is 4.74 Å². The van der Waals surface area contributed by atoms with Gasteiger partial charge in [-0.3, -0.25) is 9.88 Å². The Bertz CT molecular complexity index is 1180. The number of hydrogen-bond acceptors (Lipinski definition) is 5. The van der Waals surface area contributed by atoms with E-state index in [2.05, 4.69) is 22.5 Å². The summed E-state index contributed by atoms with van der Waals surface area (Å²) in [4.78, 5) is 20.2. The number of carbonyl (C=O) groups is 1. The Morgan fingerprint density at radius 3 is 2.76 bits per heavy atom. The second kappa shape index (κ2) is 9.16. The maximum atomic E-state index is 13.2. The Kier molecular flexibility index (Phi) is 6.09. The standard InChI is InChI=1S/C27H27ClN2O3/c1-3-17-16-30-13-11-19(17)14-25(30)26(33-27(31)18-4-6-20(28)7-5-18)22-10-12-29-24-9-8-21(32-2)15-23(22)24/h3-10,12,15,17,19,25-26H,1,11,13-14,16H2,2H3. The molecule has 2 aromatic carbocycles. The van der Waals surface area contributed by atoms with Crippen LogP contribution in [0.1, 0.15) is 34.9 Å². The van der Waals surface area contributed by atoms with Crippen LogP contribution in [0.25, 0.3) is 10.9 Å². The van der Waals surface area contributed by atoms with E-state index in [9.17, 15) is 4.79 Å². The number of carbonyl (C=O) groups excluding carboxylic acids is 1. The molecule has 0 spiro atoms. The quantitative estimate of drug-likeness (QED) is 0.348. The first-order valence-corrected chi connectivity index (χ1v) is 11.7. The molecule has 2 bridgehead atoms. The van der Waals surface area contributed by atoms with Crippen molar-refractivity contribution in [2.45, 2.75) is 25.0 Å². The molecule has 0 N–H and O–H groups in total. The van der Waals surface area contributed by atoms with E-state index in [4.69, 9.17) is 21.1 Å². The molecule has 33 heavy (non-hydrogen) atoms. The number of benzene rings is 2. The van der Waals surface area contributed by atoms with Crippen molar-refractivity contribution < 1.29 is 14.3 Å². The highest BCUT2D eigenvalue weighted by Crippen LogP contribution is 2.44. The highest BCUT2D eigenvalue weighted by Gasteiger charge is 2.44. The van der Waals surface area contributed by atoms with Crippen LogP contribution in [0, 0.1) is 11.8 Å². The predicted molar refractivity (Wildman–Crippen MR) is 130 cm³/mol. The van der Waals surface area contributed by atoms with Gasteiger partial charge in [0.2, 0.25) is 0 Å². The molecule has 3 saturated heterocycles. The molecule has 5 atom stereocenters. The molecule has 6 rings (SSSR count). The third kappa shape index (κ3) is 4.23. The number of hydrogen-bond donors (Lipinski definition) is 0. The van der Waals surface area contributed by atoms with Gasteiger partial charge in [-0.2, -0.15) is 0 Å². The molecule has 1 aromatic heterocycles. The Morgan fingerprint density at radius 2 is 2.06 bits per heavy atom. The summed E-state index contributed by atoms with van der Waals surface area (Å²) in [7, 11) is 1.65. The summed E-state index contributed by atoms with van der Waals surface area (Å²) in [5.74, 6) is 1.43. The molecule has 3 aromatic rings. The van der Waals surface area contributed by atoms with Crippen molar-refractivity contribution in [3.8, 4) is 5.75 Å². The van der Waals surface area contributed by atoms with Gasteiger partial charge in [0.1, 0.15) is 11.9 Å². The number of nitrogens with zero attached hydrogens (tertiary/aromatic N) is 2. The van der Waals surface area contributed by atoms with Gasteiger partial charge in [0.05, 0.1) is 24.2 Å². The summed E-state index contributed by atoms with van der Waals surface area (Å²) < 4.78 is 11.8. The van der Waals surface area contributed by atoms with Gasteiger partial charge in [-0.15, -0.1) is 6.58 Å². The van der Waals surface area contributed by atoms with E-state index in [-0.39, 0.29) is 12.0 Å². The molecule has 3 fully saturated rings. The van der Waals surface area contributed by atoms with Crippen LogP contribution in [0.3, 0.4) is 0 Å². The third-order valence-corrected chi connectivity index (χ3v) is 7.36. The van der Waals surface area contributed by atoms with E-state index in [0.717, 1.165) is 48.1 Å². The number of fused-ring (bicyclic) bond motifs is 4. The Balaban J connectivity index is 1.56. The van der Waals surface area contributed by atoms with Crippen molar-refractivity contribution in [2.24, 2.45) is 11.8 Å². The molecule has 0 saturated carbocycles. The Morgan fingerprint density at radius 1 is 1.24 bits per heavy atom. The Hall–Kier alpha value is -2.89. The van der Waals surface area contributed by atoms with Gasteiger partial charge in [-0.25, -0.2) is 4.79 Å². The summed E-state index contributed by atoms with van der Waals surface area (Å²) in [5, 5.41) is 1.52. The SMILES string of the molecule is C=CC1CN2CCC1CC2C(OC(=O)c1ccc(Cl)cc1)c1ccnc2ccc(OC)cc12. The average Bonchev–Trinajstić information content (AvgIpc) is 2.87. The number of halogens is 1. The van der Waals surface area contributed by atoms with Crippen LogP contribution in [-0.4, -0.2) is 42.1 Å². The van der Waals surface area contributed by atoms with Crippen LogP contribution in [0.5, 0.6) is 5.75 Å². The highest BCUT2D eigenvalue weighted by atomic mass is 35.5. The van der Waals surface area contributed by atoms with Gasteiger partial charge in [-0.1, -0.05) is 17.7 Å². The number of ether oxygens (including phenoxy) is 2. The van der Waals surface area contributed by atoms with Crippen molar-refractivity contribution in [2.75, 3.05) is 20.2 Å². The van der Waals surface area contributed by atoms with Crippen LogP contribution >= 0.6 is 11.6 Å². The monoisotopic (exact) mass is 462 g/mol. The van der Waals surface area contributed by atoms with Crippen molar-refractivity contribution in [3.63, 3.8) is 0 Å². The van der Waals surface area contributed by atoms with Crippen LogP contribution in [0.4, 0.5) is 0 Å². The van der Waals surface area contributed by atoms with E-state index >= 15 is 0 Å². The average molecular weight is 463 g/mol. The molecule has 170 valence electrons. The van der Waals surface area contributed by atoms with E-state index in [1.165, 1.54) is 0 Å². The molecule has 3 aliphatic rings. The maximum absolute atomic E-state index is 13.2. The lowest BCUT2D eigenvalue weighted by atomic mass is 9.73. The van der Waals surface area contributed by atoms with E-state index in [1.807, 2.05) is 24.3 Å². The molecule has 0 aliphatic carbocycles. The van der Waals surface area contributed by atoms with Crippen molar-refractivity contribution in [1.82, 2.24) is 9.88 Å². The third-order valence-electron chi connectivity index (χ3n) is 7.11. The van der Waals surface area contributed by atoms with E-state index in [0.29, 0.717) is 22.4 Å². The first-order chi connectivity index (χ1) is 16.1. The van der Waals surface area contributed by atoms with Crippen molar-refractivity contribution >= 4 is 28.5 Å². The molecular weight excluding hydrogens is 436 g/mol. The fraction of sp³-hybridized carbons (Fsp3) is 0.333. The lowest BCUT2D eigenvalue weighted by molar-refractivity contribution is -0.0568. The lowest BCUT2D eigenvalue weighted by Gasteiger charge is -2.51. The van der Waals surface area contributed by atoms with Gasteiger partial charge >= 0.3 is 5.97 Å². The normalized spacial score (nSPS) is 24.9. The summed E-state index contributed by atoms with van der Waals surface area (Å²) >= 11 is 6.02. The highest BCUT2D eigenvalue weighted by molar-refractivity contribution is 6.30. The minimum atomic E-state index is -0.431. The summed E-state index contributed by atoms with van der Waals surface area (Å²) in [6.07, 6.45) is 5.54. The number of esters is 1. The smallest absolute Gasteiger partial charge is 0.338 e. The van der Waals surface area contributed by atoms with Crippen LogP contribution in [0.15, 0.2) is 67.4 Å². The van der Waals surface area contributed by atoms with E-state index < -0.39 is 6.10 Å². The topological polar surface area (TPSA) is 51.7 Å². The molecule has 5 nitrogen and oxygen atoms in total.